The molecule has 5 nitrogen and oxygen atoms in total. The highest BCUT2D eigenvalue weighted by Crippen LogP contribution is 2.23. The van der Waals surface area contributed by atoms with Crippen molar-refractivity contribution in [1.82, 2.24) is 19.7 Å². The van der Waals surface area contributed by atoms with Crippen molar-refractivity contribution >= 4 is 23.4 Å². The number of hydrogen-bond donors (Lipinski definition) is 0. The highest BCUT2D eigenvalue weighted by atomic mass is 35.5. The summed E-state index contributed by atoms with van der Waals surface area (Å²) >= 11 is 7.63. The van der Waals surface area contributed by atoms with Gasteiger partial charge in [0.25, 0.3) is 0 Å². The normalized spacial score (nSPS) is 10.8. The highest BCUT2D eigenvalue weighted by Gasteiger charge is 2.07. The van der Waals surface area contributed by atoms with E-state index in [4.69, 9.17) is 16.3 Å². The number of rotatable bonds is 7. The van der Waals surface area contributed by atoms with E-state index in [1.54, 1.807) is 31.4 Å². The van der Waals surface area contributed by atoms with E-state index in [0.717, 1.165) is 36.0 Å². The molecule has 2 heterocycles. The molecule has 0 aliphatic rings. The van der Waals surface area contributed by atoms with Gasteiger partial charge in [0.15, 0.2) is 5.16 Å². The first-order chi connectivity index (χ1) is 9.31. The van der Waals surface area contributed by atoms with Crippen molar-refractivity contribution < 1.29 is 4.74 Å². The summed E-state index contributed by atoms with van der Waals surface area (Å²) in [4.78, 5) is 4.05. The lowest BCUT2D eigenvalue weighted by Crippen LogP contribution is -2.02. The van der Waals surface area contributed by atoms with E-state index in [2.05, 4.69) is 15.2 Å². The smallest absolute Gasteiger partial charge is 0.191 e. The highest BCUT2D eigenvalue weighted by molar-refractivity contribution is 7.98. The molecular weight excluding hydrogens is 284 g/mol. The molecule has 2 aromatic rings. The molecule has 0 bridgehead atoms. The summed E-state index contributed by atoms with van der Waals surface area (Å²) in [5.41, 5.74) is 1.00. The molecule has 19 heavy (non-hydrogen) atoms. The fourth-order valence-electron chi connectivity index (χ4n) is 1.56. The average Bonchev–Trinajstić information content (AvgIpc) is 2.86. The molecule has 0 amide bonds. The summed E-state index contributed by atoms with van der Waals surface area (Å²) in [5.74, 6) is 0.732. The van der Waals surface area contributed by atoms with Gasteiger partial charge in [0, 0.05) is 32.2 Å². The maximum atomic E-state index is 6.02. The van der Waals surface area contributed by atoms with Crippen molar-refractivity contribution in [2.45, 2.75) is 23.9 Å². The fraction of sp³-hybridized carbons (Fsp3) is 0.417. The lowest BCUT2D eigenvalue weighted by Gasteiger charge is -2.06. The molecule has 7 heteroatoms. The Balaban J connectivity index is 1.93. The van der Waals surface area contributed by atoms with Crippen LogP contribution in [0.3, 0.4) is 0 Å². The van der Waals surface area contributed by atoms with Crippen molar-refractivity contribution in [3.63, 3.8) is 0 Å². The van der Waals surface area contributed by atoms with Crippen LogP contribution in [-0.2, 0) is 17.0 Å². The molecular formula is C12H15ClN4OS. The Morgan fingerprint density at radius 3 is 3.16 bits per heavy atom. The van der Waals surface area contributed by atoms with Gasteiger partial charge in [-0.2, -0.15) is 0 Å². The summed E-state index contributed by atoms with van der Waals surface area (Å²) < 4.78 is 7.06. The third-order valence-electron chi connectivity index (χ3n) is 2.52. The van der Waals surface area contributed by atoms with E-state index in [-0.39, 0.29) is 0 Å². The molecule has 2 aromatic heterocycles. The second-order valence-corrected chi connectivity index (χ2v) is 5.20. The van der Waals surface area contributed by atoms with Crippen LogP contribution in [0.5, 0.6) is 0 Å². The third-order valence-corrected chi connectivity index (χ3v) is 3.89. The van der Waals surface area contributed by atoms with Gasteiger partial charge in [-0.25, -0.2) is 4.98 Å². The quantitative estimate of drug-likeness (QED) is 0.447. The fourth-order valence-corrected chi connectivity index (χ4v) is 2.75. The third kappa shape index (κ3) is 4.19. The summed E-state index contributed by atoms with van der Waals surface area (Å²) in [6.07, 6.45) is 4.36. The zero-order valence-corrected chi connectivity index (χ0v) is 12.2. The van der Waals surface area contributed by atoms with E-state index < -0.39 is 0 Å². The molecule has 0 aliphatic carbocycles. The van der Waals surface area contributed by atoms with E-state index in [0.29, 0.717) is 5.15 Å². The van der Waals surface area contributed by atoms with Crippen molar-refractivity contribution in [3.05, 3.63) is 35.4 Å². The summed E-state index contributed by atoms with van der Waals surface area (Å²) in [6, 6.07) is 3.85. The number of aryl methyl sites for hydroxylation is 1. The number of halogens is 1. The van der Waals surface area contributed by atoms with Gasteiger partial charge in [0.1, 0.15) is 11.5 Å². The molecule has 0 N–H and O–H groups in total. The van der Waals surface area contributed by atoms with Gasteiger partial charge < -0.3 is 9.30 Å². The van der Waals surface area contributed by atoms with Gasteiger partial charge in [0.05, 0.1) is 0 Å². The molecule has 0 fully saturated rings. The Hall–Kier alpha value is -1.11. The maximum Gasteiger partial charge on any atom is 0.191 e. The predicted octanol–water partition coefficient (Wildman–Crippen LogP) is 2.66. The van der Waals surface area contributed by atoms with Gasteiger partial charge in [0.2, 0.25) is 0 Å². The Bertz CT molecular complexity index is 520. The monoisotopic (exact) mass is 298 g/mol. The Labute approximate surface area is 121 Å². The van der Waals surface area contributed by atoms with Crippen LogP contribution in [0, 0.1) is 0 Å². The van der Waals surface area contributed by atoms with Crippen LogP contribution < -0.4 is 0 Å². The number of nitrogens with zero attached hydrogens (tertiary/aromatic N) is 4. The van der Waals surface area contributed by atoms with E-state index in [9.17, 15) is 0 Å². The summed E-state index contributed by atoms with van der Waals surface area (Å²) in [5, 5.41) is 9.48. The zero-order chi connectivity index (χ0) is 13.5. The minimum absolute atomic E-state index is 0.542. The molecule has 0 saturated carbocycles. The van der Waals surface area contributed by atoms with Crippen LogP contribution in [0.4, 0.5) is 0 Å². The Morgan fingerprint density at radius 2 is 2.37 bits per heavy atom. The predicted molar refractivity (Wildman–Crippen MR) is 75.3 cm³/mol. The van der Waals surface area contributed by atoms with Gasteiger partial charge in [-0.3, -0.25) is 0 Å². The standard InChI is InChI=1S/C12H15ClN4OS/c1-18-7-3-6-17-9-15-16-12(17)19-8-10-4-2-5-14-11(10)13/h2,4-5,9H,3,6-8H2,1H3. The summed E-state index contributed by atoms with van der Waals surface area (Å²) in [6.45, 7) is 1.58. The lowest BCUT2D eigenvalue weighted by atomic mass is 10.3. The topological polar surface area (TPSA) is 52.8 Å². The van der Waals surface area contributed by atoms with Crippen LogP contribution in [0.25, 0.3) is 0 Å². The van der Waals surface area contributed by atoms with Crippen LogP contribution >= 0.6 is 23.4 Å². The maximum absolute atomic E-state index is 6.02. The average molecular weight is 299 g/mol. The molecule has 0 unspecified atom stereocenters. The Kier molecular flexibility index (Phi) is 5.62. The molecule has 0 aromatic carbocycles. The van der Waals surface area contributed by atoms with Crippen LogP contribution in [0.1, 0.15) is 12.0 Å². The van der Waals surface area contributed by atoms with Gasteiger partial charge in [-0.1, -0.05) is 29.4 Å². The minimum Gasteiger partial charge on any atom is -0.385 e. The van der Waals surface area contributed by atoms with Crippen molar-refractivity contribution in [3.8, 4) is 0 Å². The first kappa shape index (κ1) is 14.3. The first-order valence-electron chi connectivity index (χ1n) is 5.90. The van der Waals surface area contributed by atoms with E-state index >= 15 is 0 Å². The second kappa shape index (κ2) is 7.47. The van der Waals surface area contributed by atoms with Crippen molar-refractivity contribution in [1.29, 1.82) is 0 Å². The molecule has 0 aliphatic heterocycles. The second-order valence-electron chi connectivity index (χ2n) is 3.90. The largest absolute Gasteiger partial charge is 0.385 e. The van der Waals surface area contributed by atoms with Crippen molar-refractivity contribution in [2.75, 3.05) is 13.7 Å². The molecule has 0 spiro atoms. The van der Waals surface area contributed by atoms with E-state index in [1.807, 2.05) is 16.7 Å². The molecule has 2 rings (SSSR count). The van der Waals surface area contributed by atoms with Crippen LogP contribution in [-0.4, -0.2) is 33.5 Å². The number of methoxy groups -OCH3 is 1. The van der Waals surface area contributed by atoms with E-state index in [1.165, 1.54) is 0 Å². The molecule has 0 atom stereocenters. The van der Waals surface area contributed by atoms with Crippen molar-refractivity contribution in [2.24, 2.45) is 0 Å². The van der Waals surface area contributed by atoms with Gasteiger partial charge in [-0.05, 0) is 18.1 Å². The summed E-state index contributed by atoms with van der Waals surface area (Å²) in [7, 11) is 1.70. The zero-order valence-electron chi connectivity index (χ0n) is 10.6. The van der Waals surface area contributed by atoms with Gasteiger partial charge in [-0.15, -0.1) is 10.2 Å². The lowest BCUT2D eigenvalue weighted by molar-refractivity contribution is 0.189. The number of thioether (sulfide) groups is 1. The van der Waals surface area contributed by atoms with Gasteiger partial charge >= 0.3 is 0 Å². The first-order valence-corrected chi connectivity index (χ1v) is 7.26. The SMILES string of the molecule is COCCCn1cnnc1SCc1cccnc1Cl. The number of pyridine rings is 1. The Morgan fingerprint density at radius 1 is 1.47 bits per heavy atom. The number of ether oxygens (including phenoxy) is 1. The number of aromatic nitrogens is 4. The van der Waals surface area contributed by atoms with Crippen LogP contribution in [0.15, 0.2) is 29.8 Å². The molecule has 0 saturated heterocycles. The number of hydrogen-bond acceptors (Lipinski definition) is 5. The van der Waals surface area contributed by atoms with Crippen LogP contribution in [0.2, 0.25) is 5.15 Å². The molecule has 0 radical (unpaired) electrons. The molecule has 102 valence electrons. The minimum atomic E-state index is 0.542.